The highest BCUT2D eigenvalue weighted by Gasteiger charge is 2.10. The molecule has 0 saturated heterocycles. The summed E-state index contributed by atoms with van der Waals surface area (Å²) in [6, 6.07) is 9.80. The molecule has 0 radical (unpaired) electrons. The normalized spacial score (nSPS) is 10.2. The smallest absolute Gasteiger partial charge is 0.174 e. The van der Waals surface area contributed by atoms with Crippen LogP contribution in [0.25, 0.3) is 11.0 Å². The number of para-hydroxylation sites is 1. The topological polar surface area (TPSA) is 36.9 Å². The quantitative estimate of drug-likeness (QED) is 0.761. The fourth-order valence-corrected chi connectivity index (χ4v) is 1.84. The van der Waals surface area contributed by atoms with Crippen LogP contribution >= 0.6 is 15.9 Å². The summed E-state index contributed by atoms with van der Waals surface area (Å²) >= 11 is 3.29. The summed E-state index contributed by atoms with van der Waals surface area (Å²) in [5, 5.41) is 9.62. The van der Waals surface area contributed by atoms with Crippen LogP contribution in [0, 0.1) is 11.3 Å². The number of rotatable bonds is 1. The Labute approximate surface area is 83.9 Å². The summed E-state index contributed by atoms with van der Waals surface area (Å²) in [4.78, 5) is 0. The first-order valence-electron chi connectivity index (χ1n) is 3.86. The highest BCUT2D eigenvalue weighted by atomic mass is 79.9. The molecule has 3 heteroatoms. The molecular formula is C10H6BrNO. The summed E-state index contributed by atoms with van der Waals surface area (Å²) in [6.45, 7) is 0. The van der Waals surface area contributed by atoms with Gasteiger partial charge in [0.2, 0.25) is 0 Å². The Balaban J connectivity index is 2.73. The van der Waals surface area contributed by atoms with Crippen LogP contribution in [0.15, 0.2) is 33.4 Å². The first kappa shape index (κ1) is 8.33. The predicted molar refractivity (Wildman–Crippen MR) is 53.2 cm³/mol. The molecule has 0 fully saturated rings. The van der Waals surface area contributed by atoms with Gasteiger partial charge in [0.15, 0.2) is 4.67 Å². The van der Waals surface area contributed by atoms with E-state index in [-0.39, 0.29) is 0 Å². The van der Waals surface area contributed by atoms with Gasteiger partial charge >= 0.3 is 0 Å². The lowest BCUT2D eigenvalue weighted by molar-refractivity contribution is 0.583. The molecule has 0 aliphatic rings. The monoisotopic (exact) mass is 235 g/mol. The van der Waals surface area contributed by atoms with Gasteiger partial charge in [-0.1, -0.05) is 18.2 Å². The van der Waals surface area contributed by atoms with Crippen molar-refractivity contribution in [3.05, 3.63) is 34.5 Å². The van der Waals surface area contributed by atoms with E-state index in [1.54, 1.807) is 0 Å². The number of furan rings is 1. The van der Waals surface area contributed by atoms with Gasteiger partial charge in [-0.15, -0.1) is 0 Å². The van der Waals surface area contributed by atoms with E-state index in [1.165, 1.54) is 0 Å². The molecule has 0 aliphatic heterocycles. The third-order valence-corrected chi connectivity index (χ3v) is 2.55. The van der Waals surface area contributed by atoms with E-state index in [0.717, 1.165) is 16.5 Å². The van der Waals surface area contributed by atoms with Gasteiger partial charge in [0.1, 0.15) is 5.58 Å². The Bertz CT molecular complexity index is 481. The number of halogens is 1. The molecule has 64 valence electrons. The summed E-state index contributed by atoms with van der Waals surface area (Å²) in [7, 11) is 0. The van der Waals surface area contributed by atoms with Crippen molar-refractivity contribution >= 4 is 26.9 Å². The molecule has 0 aliphatic carbocycles. The fraction of sp³-hybridized carbons (Fsp3) is 0.100. The van der Waals surface area contributed by atoms with Crippen LogP contribution in [-0.2, 0) is 6.42 Å². The maximum atomic E-state index is 8.61. The van der Waals surface area contributed by atoms with Crippen molar-refractivity contribution in [2.75, 3.05) is 0 Å². The van der Waals surface area contributed by atoms with Gasteiger partial charge in [-0.3, -0.25) is 0 Å². The van der Waals surface area contributed by atoms with E-state index in [0.29, 0.717) is 11.1 Å². The standard InChI is InChI=1S/C10H6BrNO/c11-10-8(5-6-12)7-3-1-2-4-9(7)13-10/h1-4H,5H2. The third-order valence-electron chi connectivity index (χ3n) is 1.90. The number of nitriles is 1. The molecule has 1 aromatic heterocycles. The second-order valence-electron chi connectivity index (χ2n) is 2.69. The Morgan fingerprint density at radius 2 is 2.15 bits per heavy atom. The van der Waals surface area contributed by atoms with Crippen molar-refractivity contribution in [1.29, 1.82) is 5.26 Å². The zero-order chi connectivity index (χ0) is 9.26. The van der Waals surface area contributed by atoms with Gasteiger partial charge in [-0.2, -0.15) is 5.26 Å². The zero-order valence-electron chi connectivity index (χ0n) is 6.75. The highest BCUT2D eigenvalue weighted by molar-refractivity contribution is 9.10. The average Bonchev–Trinajstić information content (AvgIpc) is 2.44. The molecular weight excluding hydrogens is 230 g/mol. The van der Waals surface area contributed by atoms with Crippen LogP contribution in [0.3, 0.4) is 0 Å². The molecule has 0 amide bonds. The summed E-state index contributed by atoms with van der Waals surface area (Å²) < 4.78 is 6.08. The molecule has 0 bridgehead atoms. The molecule has 0 unspecified atom stereocenters. The molecule has 0 atom stereocenters. The third kappa shape index (κ3) is 1.34. The van der Waals surface area contributed by atoms with Crippen molar-refractivity contribution in [2.24, 2.45) is 0 Å². The van der Waals surface area contributed by atoms with E-state index in [1.807, 2.05) is 24.3 Å². The Hall–Kier alpha value is -1.27. The summed E-state index contributed by atoms with van der Waals surface area (Å²) in [5.74, 6) is 0. The molecule has 1 heterocycles. The average molecular weight is 236 g/mol. The van der Waals surface area contributed by atoms with Crippen molar-refractivity contribution in [3.63, 3.8) is 0 Å². The van der Waals surface area contributed by atoms with Crippen LogP contribution in [0.4, 0.5) is 0 Å². The maximum absolute atomic E-state index is 8.61. The van der Waals surface area contributed by atoms with Crippen LogP contribution in [0.2, 0.25) is 0 Å². The van der Waals surface area contributed by atoms with Crippen LogP contribution < -0.4 is 0 Å². The number of benzene rings is 1. The first-order chi connectivity index (χ1) is 6.33. The van der Waals surface area contributed by atoms with Gasteiger partial charge in [-0.05, 0) is 22.0 Å². The lowest BCUT2D eigenvalue weighted by atomic mass is 10.1. The molecule has 0 N–H and O–H groups in total. The van der Waals surface area contributed by atoms with Gasteiger partial charge in [0.05, 0.1) is 12.5 Å². The van der Waals surface area contributed by atoms with Crippen molar-refractivity contribution < 1.29 is 4.42 Å². The first-order valence-corrected chi connectivity index (χ1v) is 4.65. The lowest BCUT2D eigenvalue weighted by Crippen LogP contribution is -1.78. The maximum Gasteiger partial charge on any atom is 0.174 e. The van der Waals surface area contributed by atoms with Crippen molar-refractivity contribution in [2.45, 2.75) is 6.42 Å². The van der Waals surface area contributed by atoms with Gasteiger partial charge in [-0.25, -0.2) is 0 Å². The molecule has 2 aromatic rings. The molecule has 0 spiro atoms. The minimum absolute atomic E-state index is 0.373. The Morgan fingerprint density at radius 1 is 1.38 bits per heavy atom. The zero-order valence-corrected chi connectivity index (χ0v) is 8.34. The van der Waals surface area contributed by atoms with E-state index in [9.17, 15) is 0 Å². The number of nitrogens with zero attached hydrogens (tertiary/aromatic N) is 1. The highest BCUT2D eigenvalue weighted by Crippen LogP contribution is 2.29. The fourth-order valence-electron chi connectivity index (χ4n) is 1.31. The van der Waals surface area contributed by atoms with Gasteiger partial charge < -0.3 is 4.42 Å². The molecule has 13 heavy (non-hydrogen) atoms. The SMILES string of the molecule is N#CCc1c(Br)oc2ccccc12. The number of hydrogen-bond acceptors (Lipinski definition) is 2. The summed E-state index contributed by atoms with van der Waals surface area (Å²) in [5.41, 5.74) is 1.75. The minimum Gasteiger partial charge on any atom is -0.449 e. The summed E-state index contributed by atoms with van der Waals surface area (Å²) in [6.07, 6.45) is 0.373. The molecule has 0 saturated carbocycles. The largest absolute Gasteiger partial charge is 0.449 e. The second kappa shape index (κ2) is 3.23. The van der Waals surface area contributed by atoms with E-state index in [2.05, 4.69) is 22.0 Å². The van der Waals surface area contributed by atoms with Gasteiger partial charge in [0, 0.05) is 10.9 Å². The van der Waals surface area contributed by atoms with Gasteiger partial charge in [0.25, 0.3) is 0 Å². The lowest BCUT2D eigenvalue weighted by Gasteiger charge is -1.88. The van der Waals surface area contributed by atoms with E-state index in [4.69, 9.17) is 9.68 Å². The second-order valence-corrected chi connectivity index (χ2v) is 3.41. The Kier molecular flexibility index (Phi) is 2.07. The predicted octanol–water partition coefficient (Wildman–Crippen LogP) is 3.26. The number of hydrogen-bond donors (Lipinski definition) is 0. The Morgan fingerprint density at radius 3 is 2.92 bits per heavy atom. The van der Waals surface area contributed by atoms with Crippen LogP contribution in [0.5, 0.6) is 0 Å². The van der Waals surface area contributed by atoms with Crippen molar-refractivity contribution in [3.8, 4) is 6.07 Å². The van der Waals surface area contributed by atoms with Crippen LogP contribution in [0.1, 0.15) is 5.56 Å². The van der Waals surface area contributed by atoms with E-state index < -0.39 is 0 Å². The molecule has 2 rings (SSSR count). The van der Waals surface area contributed by atoms with E-state index >= 15 is 0 Å². The molecule has 2 nitrogen and oxygen atoms in total. The van der Waals surface area contributed by atoms with Crippen LogP contribution in [-0.4, -0.2) is 0 Å². The van der Waals surface area contributed by atoms with Crippen molar-refractivity contribution in [1.82, 2.24) is 0 Å². The molecule has 1 aromatic carbocycles. The minimum atomic E-state index is 0.373. The number of fused-ring (bicyclic) bond motifs is 1.